The molecule has 4 nitrogen and oxygen atoms in total. The van der Waals surface area contributed by atoms with E-state index in [1.54, 1.807) is 0 Å². The Bertz CT molecular complexity index is 392. The van der Waals surface area contributed by atoms with Crippen LogP contribution in [-0.4, -0.2) is 18.4 Å². The lowest BCUT2D eigenvalue weighted by Crippen LogP contribution is -2.52. The first-order chi connectivity index (χ1) is 8.97. The maximum atomic E-state index is 11.2. The minimum absolute atomic E-state index is 0.471. The molecule has 106 valence electrons. The highest BCUT2D eigenvalue weighted by atomic mass is 16.6. The Morgan fingerprint density at radius 3 is 2.47 bits per heavy atom. The number of primary amides is 1. The molecule has 0 aliphatic carbocycles. The Morgan fingerprint density at radius 2 is 2.00 bits per heavy atom. The van der Waals surface area contributed by atoms with Gasteiger partial charge in [0.2, 0.25) is 0 Å². The summed E-state index contributed by atoms with van der Waals surface area (Å²) in [7, 11) is 0. The highest BCUT2D eigenvalue weighted by molar-refractivity contribution is 5.65. The van der Waals surface area contributed by atoms with Crippen LogP contribution in [0.5, 0.6) is 0 Å². The van der Waals surface area contributed by atoms with Gasteiger partial charge in [0.25, 0.3) is 0 Å². The van der Waals surface area contributed by atoms with Crippen LogP contribution in [0.3, 0.4) is 0 Å². The van der Waals surface area contributed by atoms with Crippen LogP contribution in [0, 0.1) is 5.92 Å². The van der Waals surface area contributed by atoms with Gasteiger partial charge in [-0.1, -0.05) is 51.1 Å². The molecule has 0 spiro atoms. The average Bonchev–Trinajstić information content (AvgIpc) is 2.36. The van der Waals surface area contributed by atoms with Crippen LogP contribution in [-0.2, 0) is 11.2 Å². The van der Waals surface area contributed by atoms with Crippen molar-refractivity contribution in [2.75, 3.05) is 6.54 Å². The number of benzene rings is 1. The lowest BCUT2D eigenvalue weighted by Gasteiger charge is -2.33. The summed E-state index contributed by atoms with van der Waals surface area (Å²) >= 11 is 0. The third-order valence-corrected chi connectivity index (χ3v) is 3.03. The van der Waals surface area contributed by atoms with Crippen LogP contribution in [0.1, 0.15) is 32.8 Å². The van der Waals surface area contributed by atoms with Gasteiger partial charge in [-0.2, -0.15) is 0 Å². The van der Waals surface area contributed by atoms with Gasteiger partial charge in [0.05, 0.1) is 0 Å². The minimum atomic E-state index is -0.742. The van der Waals surface area contributed by atoms with E-state index >= 15 is 0 Å². The predicted molar refractivity (Wildman–Crippen MR) is 76.7 cm³/mol. The molecule has 19 heavy (non-hydrogen) atoms. The summed E-state index contributed by atoms with van der Waals surface area (Å²) in [6.45, 7) is 6.98. The fourth-order valence-corrected chi connectivity index (χ4v) is 1.97. The summed E-state index contributed by atoms with van der Waals surface area (Å²) < 4.78 is 5.37. The number of nitrogens with one attached hydrogen (secondary N) is 1. The van der Waals surface area contributed by atoms with Crippen LogP contribution < -0.4 is 11.1 Å². The van der Waals surface area contributed by atoms with Gasteiger partial charge in [-0.3, -0.25) is 5.32 Å². The van der Waals surface area contributed by atoms with Gasteiger partial charge in [0.1, 0.15) is 0 Å². The van der Waals surface area contributed by atoms with Crippen molar-refractivity contribution < 1.29 is 9.53 Å². The van der Waals surface area contributed by atoms with Crippen LogP contribution >= 0.6 is 0 Å². The van der Waals surface area contributed by atoms with Crippen LogP contribution in [0.15, 0.2) is 30.3 Å². The summed E-state index contributed by atoms with van der Waals surface area (Å²) in [6.07, 6.45) is 0.534. The first-order valence-corrected chi connectivity index (χ1v) is 6.75. The number of hydrogen-bond acceptors (Lipinski definition) is 3. The molecule has 0 saturated heterocycles. The SMILES string of the molecule is CC[C@](Cc1ccccc1)(NCC(C)C)OC(N)=O. The average molecular weight is 264 g/mol. The highest BCUT2D eigenvalue weighted by Gasteiger charge is 2.31. The zero-order chi connectivity index (χ0) is 14.3. The number of rotatable bonds is 7. The molecule has 0 bridgehead atoms. The van der Waals surface area contributed by atoms with Gasteiger partial charge in [-0.05, 0) is 17.9 Å². The molecular weight excluding hydrogens is 240 g/mol. The molecule has 1 aromatic carbocycles. The van der Waals surface area contributed by atoms with Crippen molar-refractivity contribution in [2.24, 2.45) is 11.7 Å². The van der Waals surface area contributed by atoms with Gasteiger partial charge in [-0.15, -0.1) is 0 Å². The fourth-order valence-electron chi connectivity index (χ4n) is 1.97. The Balaban J connectivity index is 2.85. The molecule has 0 aromatic heterocycles. The van der Waals surface area contributed by atoms with Crippen molar-refractivity contribution in [2.45, 2.75) is 39.3 Å². The summed E-state index contributed by atoms with van der Waals surface area (Å²) in [5, 5.41) is 3.34. The summed E-state index contributed by atoms with van der Waals surface area (Å²) in [5.74, 6) is 0.471. The van der Waals surface area contributed by atoms with Crippen molar-refractivity contribution in [3.8, 4) is 0 Å². The number of hydrogen-bond donors (Lipinski definition) is 2. The van der Waals surface area contributed by atoms with E-state index in [9.17, 15) is 4.79 Å². The van der Waals surface area contributed by atoms with Gasteiger partial charge in [0.15, 0.2) is 5.72 Å². The number of ether oxygens (including phenoxy) is 1. The third kappa shape index (κ3) is 5.30. The van der Waals surface area contributed by atoms with Gasteiger partial charge in [0, 0.05) is 13.0 Å². The van der Waals surface area contributed by atoms with E-state index in [2.05, 4.69) is 19.2 Å². The third-order valence-electron chi connectivity index (χ3n) is 3.03. The van der Waals surface area contributed by atoms with E-state index in [0.29, 0.717) is 18.8 Å². The van der Waals surface area contributed by atoms with Crippen LogP contribution in [0.25, 0.3) is 0 Å². The normalized spacial score (nSPS) is 14.1. The molecule has 0 unspecified atom stereocenters. The molecule has 0 radical (unpaired) electrons. The molecule has 1 aromatic rings. The molecule has 0 aliphatic heterocycles. The summed E-state index contributed by atoms with van der Waals surface area (Å²) in [5.41, 5.74) is 5.60. The van der Waals surface area contributed by atoms with E-state index < -0.39 is 11.8 Å². The second-order valence-corrected chi connectivity index (χ2v) is 5.21. The topological polar surface area (TPSA) is 64.3 Å². The van der Waals surface area contributed by atoms with Crippen molar-refractivity contribution in [3.05, 3.63) is 35.9 Å². The Morgan fingerprint density at radius 1 is 1.37 bits per heavy atom. The molecular formula is C15H24N2O2. The quantitative estimate of drug-likeness (QED) is 0.744. The standard InChI is InChI=1S/C15H24N2O2/c1-4-15(19-14(16)18,17-11-12(2)3)10-13-8-6-5-7-9-13/h5-9,12,17H,4,10-11H2,1-3H3,(H2,16,18)/t15-/m0/s1. The number of carbonyl (C=O) groups is 1. The van der Waals surface area contributed by atoms with E-state index in [1.807, 2.05) is 37.3 Å². The highest BCUT2D eigenvalue weighted by Crippen LogP contribution is 2.19. The van der Waals surface area contributed by atoms with E-state index in [1.165, 1.54) is 0 Å². The predicted octanol–water partition coefficient (Wildman–Crippen LogP) is 2.68. The first-order valence-electron chi connectivity index (χ1n) is 6.75. The Labute approximate surface area is 115 Å². The molecule has 1 amide bonds. The smallest absolute Gasteiger partial charge is 0.406 e. The molecule has 1 rings (SSSR count). The molecule has 4 heteroatoms. The van der Waals surface area contributed by atoms with Crippen molar-refractivity contribution in [3.63, 3.8) is 0 Å². The molecule has 0 heterocycles. The van der Waals surface area contributed by atoms with Crippen LogP contribution in [0.2, 0.25) is 0 Å². The van der Waals surface area contributed by atoms with Crippen molar-refractivity contribution >= 4 is 6.09 Å². The second kappa shape index (κ2) is 7.14. The van der Waals surface area contributed by atoms with Gasteiger partial charge in [-0.25, -0.2) is 4.79 Å². The molecule has 0 saturated carbocycles. The summed E-state index contributed by atoms with van der Waals surface area (Å²) in [6, 6.07) is 9.95. The van der Waals surface area contributed by atoms with Gasteiger partial charge < -0.3 is 10.5 Å². The molecule has 0 aliphatic rings. The van der Waals surface area contributed by atoms with E-state index in [0.717, 1.165) is 12.1 Å². The zero-order valence-electron chi connectivity index (χ0n) is 12.0. The molecule has 1 atom stereocenters. The summed E-state index contributed by atoms with van der Waals surface area (Å²) in [4.78, 5) is 11.2. The maximum Gasteiger partial charge on any atom is 0.406 e. The largest absolute Gasteiger partial charge is 0.428 e. The first kappa shape index (κ1) is 15.5. The maximum absolute atomic E-state index is 11.2. The van der Waals surface area contributed by atoms with E-state index in [4.69, 9.17) is 10.5 Å². The second-order valence-electron chi connectivity index (χ2n) is 5.21. The minimum Gasteiger partial charge on any atom is -0.428 e. The number of carbonyl (C=O) groups excluding carboxylic acids is 1. The van der Waals surface area contributed by atoms with E-state index in [-0.39, 0.29) is 0 Å². The van der Waals surface area contributed by atoms with Crippen LogP contribution in [0.4, 0.5) is 4.79 Å². The molecule has 3 N–H and O–H groups in total. The van der Waals surface area contributed by atoms with Crippen molar-refractivity contribution in [1.29, 1.82) is 0 Å². The number of amides is 1. The number of nitrogens with two attached hydrogens (primary N) is 1. The Hall–Kier alpha value is -1.55. The van der Waals surface area contributed by atoms with Crippen molar-refractivity contribution in [1.82, 2.24) is 5.32 Å². The Kier molecular flexibility index (Phi) is 5.83. The lowest BCUT2D eigenvalue weighted by atomic mass is 9.99. The monoisotopic (exact) mass is 264 g/mol. The van der Waals surface area contributed by atoms with Gasteiger partial charge >= 0.3 is 6.09 Å². The lowest BCUT2D eigenvalue weighted by molar-refractivity contribution is -0.0163. The fraction of sp³-hybridized carbons (Fsp3) is 0.533. The molecule has 0 fully saturated rings. The zero-order valence-corrected chi connectivity index (χ0v) is 12.0.